The predicted molar refractivity (Wildman–Crippen MR) is 121 cm³/mol. The van der Waals surface area contributed by atoms with Crippen LogP contribution in [0.5, 0.6) is 0 Å². The van der Waals surface area contributed by atoms with E-state index in [1.165, 1.54) is 22.6 Å². The first-order valence-corrected chi connectivity index (χ1v) is 12.1. The molecule has 34 heavy (non-hydrogen) atoms. The van der Waals surface area contributed by atoms with Crippen LogP contribution < -0.4 is 5.32 Å². The van der Waals surface area contributed by atoms with Gasteiger partial charge in [0.15, 0.2) is 0 Å². The van der Waals surface area contributed by atoms with Crippen molar-refractivity contribution in [1.82, 2.24) is 25.0 Å². The first-order chi connectivity index (χ1) is 16.0. The maximum absolute atomic E-state index is 12.4. The van der Waals surface area contributed by atoms with Crippen molar-refractivity contribution < 1.29 is 27.9 Å². The van der Waals surface area contributed by atoms with Crippen molar-refractivity contribution in [3.05, 3.63) is 33.5 Å². The average Bonchev–Trinajstić information content (AvgIpc) is 3.39. The fourth-order valence-electron chi connectivity index (χ4n) is 4.35. The van der Waals surface area contributed by atoms with Crippen LogP contribution >= 0.6 is 11.3 Å². The fourth-order valence-corrected chi connectivity index (χ4v) is 5.28. The summed E-state index contributed by atoms with van der Waals surface area (Å²) in [7, 11) is 0. The first-order valence-electron chi connectivity index (χ1n) is 11.3. The molecule has 1 fully saturated rings. The number of aliphatic carboxylic acids is 1. The number of aryl methyl sites for hydroxylation is 2. The number of carboxylic acid groups (broad SMARTS) is 1. The minimum atomic E-state index is -5.08. The van der Waals surface area contributed by atoms with Crippen LogP contribution in [0.2, 0.25) is 0 Å². The van der Waals surface area contributed by atoms with Crippen LogP contribution in [0, 0.1) is 12.3 Å². The molecule has 0 atom stereocenters. The SMILES string of the molecule is CCCNC(=O)c1nnc2n1CC1(CC2)CCN(Cc2ccc(C)s2)CC1.O=C(O)C(F)(F)F. The molecule has 0 aromatic carbocycles. The number of fused-ring (bicyclic) bond motifs is 1. The van der Waals surface area contributed by atoms with Crippen LogP contribution in [0.15, 0.2) is 12.1 Å². The lowest BCUT2D eigenvalue weighted by Gasteiger charge is -2.44. The Hall–Kier alpha value is -2.47. The number of carbonyl (C=O) groups excluding carboxylic acids is 1. The van der Waals surface area contributed by atoms with Crippen molar-refractivity contribution >= 4 is 23.2 Å². The number of piperidine rings is 1. The Morgan fingerprint density at radius 3 is 2.44 bits per heavy atom. The summed E-state index contributed by atoms with van der Waals surface area (Å²) in [5.41, 5.74) is 0.289. The van der Waals surface area contributed by atoms with E-state index < -0.39 is 12.1 Å². The molecule has 2 aliphatic heterocycles. The standard InChI is InChI=1S/C20H29N5OS.C2HF3O2/c1-3-10-21-19(26)18-23-22-17-6-7-20(14-25(17)18)8-11-24(12-9-20)13-16-5-4-15(2)27-16;3-2(4,5)1(6)7/h4-5H,3,6-14H2,1-2H3,(H,21,26);(H,6,7). The number of likely N-dealkylation sites (tertiary alicyclic amines) is 1. The number of hydrogen-bond acceptors (Lipinski definition) is 6. The number of nitrogens with zero attached hydrogens (tertiary/aromatic N) is 4. The number of halogens is 3. The molecular weight excluding hydrogens is 471 g/mol. The molecule has 188 valence electrons. The van der Waals surface area contributed by atoms with E-state index >= 15 is 0 Å². The highest BCUT2D eigenvalue weighted by Crippen LogP contribution is 2.41. The highest BCUT2D eigenvalue weighted by molar-refractivity contribution is 7.11. The zero-order valence-electron chi connectivity index (χ0n) is 19.3. The number of nitrogens with one attached hydrogen (secondary N) is 1. The van der Waals surface area contributed by atoms with Crippen molar-refractivity contribution in [2.24, 2.45) is 5.41 Å². The van der Waals surface area contributed by atoms with E-state index in [1.54, 1.807) is 0 Å². The van der Waals surface area contributed by atoms with E-state index in [2.05, 4.69) is 51.0 Å². The molecule has 0 aliphatic carbocycles. The Kier molecular flexibility index (Phi) is 8.34. The first kappa shape index (κ1) is 26.1. The third-order valence-corrected chi connectivity index (χ3v) is 7.26. The Bertz CT molecular complexity index is 996. The van der Waals surface area contributed by atoms with Crippen LogP contribution in [0.4, 0.5) is 13.2 Å². The van der Waals surface area contributed by atoms with Crippen LogP contribution in [0.3, 0.4) is 0 Å². The second kappa shape index (κ2) is 10.9. The van der Waals surface area contributed by atoms with Crippen LogP contribution in [0.25, 0.3) is 0 Å². The molecule has 8 nitrogen and oxygen atoms in total. The van der Waals surface area contributed by atoms with Crippen molar-refractivity contribution in [3.63, 3.8) is 0 Å². The van der Waals surface area contributed by atoms with Crippen molar-refractivity contribution in [1.29, 1.82) is 0 Å². The summed E-state index contributed by atoms with van der Waals surface area (Å²) in [5.74, 6) is -1.38. The lowest BCUT2D eigenvalue weighted by Crippen LogP contribution is -2.44. The number of hydrogen-bond donors (Lipinski definition) is 2. The van der Waals surface area contributed by atoms with Gasteiger partial charge in [-0.1, -0.05) is 6.92 Å². The summed E-state index contributed by atoms with van der Waals surface area (Å²) >= 11 is 1.91. The number of amides is 1. The fraction of sp³-hybridized carbons (Fsp3) is 0.636. The monoisotopic (exact) mass is 501 g/mol. The van der Waals surface area contributed by atoms with Crippen LogP contribution in [-0.2, 0) is 24.3 Å². The molecule has 1 spiro atoms. The smallest absolute Gasteiger partial charge is 0.475 e. The lowest BCUT2D eigenvalue weighted by atomic mass is 9.73. The number of thiophene rings is 1. The molecule has 1 saturated heterocycles. The van der Waals surface area contributed by atoms with E-state index in [1.807, 2.05) is 11.3 Å². The van der Waals surface area contributed by atoms with E-state index in [0.29, 0.717) is 12.4 Å². The van der Waals surface area contributed by atoms with Gasteiger partial charge in [-0.3, -0.25) is 9.69 Å². The summed E-state index contributed by atoms with van der Waals surface area (Å²) in [6.07, 6.45) is 0.304. The molecule has 0 unspecified atom stereocenters. The Labute approximate surface area is 200 Å². The van der Waals surface area contributed by atoms with Crippen molar-refractivity contribution in [2.75, 3.05) is 19.6 Å². The van der Waals surface area contributed by atoms with Gasteiger partial charge in [-0.15, -0.1) is 21.5 Å². The van der Waals surface area contributed by atoms with Gasteiger partial charge in [0.05, 0.1) is 0 Å². The van der Waals surface area contributed by atoms with Gasteiger partial charge in [0, 0.05) is 35.8 Å². The maximum Gasteiger partial charge on any atom is 0.490 e. The van der Waals surface area contributed by atoms with Gasteiger partial charge in [0.1, 0.15) is 5.82 Å². The number of carbonyl (C=O) groups is 2. The van der Waals surface area contributed by atoms with E-state index in [9.17, 15) is 18.0 Å². The second-order valence-electron chi connectivity index (χ2n) is 8.87. The highest BCUT2D eigenvalue weighted by atomic mass is 32.1. The van der Waals surface area contributed by atoms with Gasteiger partial charge in [-0.2, -0.15) is 13.2 Å². The van der Waals surface area contributed by atoms with Crippen molar-refractivity contribution in [2.45, 2.75) is 65.2 Å². The molecular formula is C22H30F3N5O3S. The topological polar surface area (TPSA) is 100 Å². The number of aromatic nitrogens is 3. The van der Waals surface area contributed by atoms with Gasteiger partial charge in [-0.25, -0.2) is 4.79 Å². The lowest BCUT2D eigenvalue weighted by molar-refractivity contribution is -0.192. The summed E-state index contributed by atoms with van der Waals surface area (Å²) in [6.45, 7) is 9.13. The van der Waals surface area contributed by atoms with Gasteiger partial charge in [0.25, 0.3) is 5.91 Å². The molecule has 4 rings (SSSR count). The molecule has 2 N–H and O–H groups in total. The largest absolute Gasteiger partial charge is 0.490 e. The molecule has 0 bridgehead atoms. The molecule has 0 radical (unpaired) electrons. The Morgan fingerprint density at radius 2 is 1.88 bits per heavy atom. The zero-order chi connectivity index (χ0) is 24.9. The third kappa shape index (κ3) is 6.56. The maximum atomic E-state index is 12.4. The summed E-state index contributed by atoms with van der Waals surface area (Å²) in [4.78, 5) is 26.7. The molecule has 12 heteroatoms. The molecule has 2 aromatic heterocycles. The van der Waals surface area contributed by atoms with E-state index in [-0.39, 0.29) is 11.3 Å². The van der Waals surface area contributed by atoms with Crippen molar-refractivity contribution in [3.8, 4) is 0 Å². The predicted octanol–water partition coefficient (Wildman–Crippen LogP) is 3.65. The minimum Gasteiger partial charge on any atom is -0.475 e. The molecule has 4 heterocycles. The normalized spacial score (nSPS) is 17.6. The highest BCUT2D eigenvalue weighted by Gasteiger charge is 2.40. The number of alkyl halides is 3. The number of rotatable bonds is 5. The Balaban J connectivity index is 0.000000406. The van der Waals surface area contributed by atoms with Crippen LogP contribution in [-0.4, -0.2) is 62.5 Å². The van der Waals surface area contributed by atoms with Gasteiger partial charge in [0.2, 0.25) is 5.82 Å². The van der Waals surface area contributed by atoms with Gasteiger partial charge >= 0.3 is 12.1 Å². The van der Waals surface area contributed by atoms with E-state index in [0.717, 1.165) is 51.3 Å². The quantitative estimate of drug-likeness (QED) is 0.649. The molecule has 0 saturated carbocycles. The van der Waals surface area contributed by atoms with Gasteiger partial charge in [-0.05, 0) is 63.2 Å². The summed E-state index contributed by atoms with van der Waals surface area (Å²) in [6, 6.07) is 4.47. The minimum absolute atomic E-state index is 0.0850. The van der Waals surface area contributed by atoms with E-state index in [4.69, 9.17) is 9.90 Å². The van der Waals surface area contributed by atoms with Gasteiger partial charge < -0.3 is 15.0 Å². The number of carboxylic acids is 1. The molecule has 2 aromatic rings. The average molecular weight is 502 g/mol. The summed E-state index contributed by atoms with van der Waals surface area (Å²) in [5, 5.41) is 18.5. The Morgan fingerprint density at radius 1 is 1.21 bits per heavy atom. The van der Waals surface area contributed by atoms with Crippen LogP contribution in [0.1, 0.15) is 58.8 Å². The second-order valence-corrected chi connectivity index (χ2v) is 10.2. The zero-order valence-corrected chi connectivity index (χ0v) is 20.1. The summed E-state index contributed by atoms with van der Waals surface area (Å²) < 4.78 is 33.8. The third-order valence-electron chi connectivity index (χ3n) is 6.27. The molecule has 2 aliphatic rings. The molecule has 1 amide bonds.